The summed E-state index contributed by atoms with van der Waals surface area (Å²) in [6.07, 6.45) is 0. The first kappa shape index (κ1) is 18.7. The normalized spacial score (nSPS) is 10.7. The number of rotatable bonds is 8. The van der Waals surface area contributed by atoms with Gasteiger partial charge in [0.1, 0.15) is 6.54 Å². The van der Waals surface area contributed by atoms with Crippen LogP contribution in [0.2, 0.25) is 0 Å². The summed E-state index contributed by atoms with van der Waals surface area (Å²) >= 11 is 0. The molecule has 0 bridgehead atoms. The lowest BCUT2D eigenvalue weighted by Gasteiger charge is -2.20. The van der Waals surface area contributed by atoms with Crippen LogP contribution in [0.3, 0.4) is 0 Å². The highest BCUT2D eigenvalue weighted by Gasteiger charge is 2.23. The number of hydrogen-bond donors (Lipinski definition) is 1. The second-order valence-corrected chi connectivity index (χ2v) is 5.97. The molecule has 0 aliphatic heterocycles. The summed E-state index contributed by atoms with van der Waals surface area (Å²) in [6.45, 7) is 4.70. The van der Waals surface area contributed by atoms with Crippen molar-refractivity contribution in [3.8, 4) is 0 Å². The summed E-state index contributed by atoms with van der Waals surface area (Å²) in [4.78, 5) is 25.2. The molecule has 0 saturated carbocycles. The fourth-order valence-electron chi connectivity index (χ4n) is 2.81. The van der Waals surface area contributed by atoms with E-state index in [1.807, 2.05) is 50.2 Å². The summed E-state index contributed by atoms with van der Waals surface area (Å²) in [6, 6.07) is 11.8. The van der Waals surface area contributed by atoms with E-state index in [1.54, 1.807) is 0 Å². The highest BCUT2D eigenvalue weighted by molar-refractivity contribution is 5.97. The van der Waals surface area contributed by atoms with Gasteiger partial charge in [-0.1, -0.05) is 30.3 Å². The number of amides is 1. The summed E-state index contributed by atoms with van der Waals surface area (Å²) in [5.41, 5.74) is 3.47. The molecule has 0 aliphatic rings. The molecule has 0 atom stereocenters. The predicted octanol–water partition coefficient (Wildman–Crippen LogP) is 2.33. The number of benzene rings is 1. The van der Waals surface area contributed by atoms with E-state index in [4.69, 9.17) is 9.84 Å². The number of carboxylic acid groups (broad SMARTS) is 1. The van der Waals surface area contributed by atoms with Crippen molar-refractivity contribution < 1.29 is 19.4 Å². The maximum Gasteiger partial charge on any atom is 0.323 e. The first-order chi connectivity index (χ1) is 11.9. The van der Waals surface area contributed by atoms with Crippen molar-refractivity contribution in [1.29, 1.82) is 0 Å². The number of methoxy groups -OCH3 is 1. The van der Waals surface area contributed by atoms with Crippen LogP contribution in [0.25, 0.3) is 0 Å². The van der Waals surface area contributed by atoms with Gasteiger partial charge >= 0.3 is 5.97 Å². The second-order valence-electron chi connectivity index (χ2n) is 5.97. The van der Waals surface area contributed by atoms with E-state index < -0.39 is 5.97 Å². The lowest BCUT2D eigenvalue weighted by atomic mass is 10.2. The van der Waals surface area contributed by atoms with E-state index in [0.29, 0.717) is 18.7 Å². The Balaban J connectivity index is 2.27. The van der Waals surface area contributed by atoms with E-state index in [0.717, 1.165) is 17.0 Å². The van der Waals surface area contributed by atoms with Gasteiger partial charge in [-0.05, 0) is 25.5 Å². The lowest BCUT2D eigenvalue weighted by Crippen LogP contribution is -2.38. The number of carbonyl (C=O) groups excluding carboxylic acids is 1. The molecule has 6 nitrogen and oxygen atoms in total. The summed E-state index contributed by atoms with van der Waals surface area (Å²) in [5.74, 6) is -1.32. The SMILES string of the molecule is COCCN(CC(=O)O)C(=O)c1cc(C)n(Cc2ccccc2)c1C. The van der Waals surface area contributed by atoms with Crippen LogP contribution in [0.4, 0.5) is 0 Å². The number of carbonyl (C=O) groups is 2. The van der Waals surface area contributed by atoms with Crippen molar-refractivity contribution in [2.75, 3.05) is 26.8 Å². The van der Waals surface area contributed by atoms with E-state index in [2.05, 4.69) is 4.57 Å². The van der Waals surface area contributed by atoms with Gasteiger partial charge in [0.15, 0.2) is 0 Å². The van der Waals surface area contributed by atoms with Crippen molar-refractivity contribution in [2.45, 2.75) is 20.4 Å². The quantitative estimate of drug-likeness (QED) is 0.798. The largest absolute Gasteiger partial charge is 0.480 e. The molecule has 134 valence electrons. The standard InChI is InChI=1S/C19H24N2O4/c1-14-11-17(19(24)20(9-10-25-3)13-18(22)23)15(2)21(14)12-16-7-5-4-6-8-16/h4-8,11H,9-10,12-13H2,1-3H3,(H,22,23). The van der Waals surface area contributed by atoms with E-state index in [1.165, 1.54) is 12.0 Å². The average molecular weight is 344 g/mol. The lowest BCUT2D eigenvalue weighted by molar-refractivity contribution is -0.137. The van der Waals surface area contributed by atoms with Gasteiger partial charge in [-0.2, -0.15) is 0 Å². The zero-order valence-electron chi connectivity index (χ0n) is 14.9. The van der Waals surface area contributed by atoms with Crippen molar-refractivity contribution in [1.82, 2.24) is 9.47 Å². The van der Waals surface area contributed by atoms with Crippen LogP contribution in [0.1, 0.15) is 27.3 Å². The number of hydrogen-bond acceptors (Lipinski definition) is 3. The molecule has 0 aliphatic carbocycles. The van der Waals surface area contributed by atoms with Crippen LogP contribution >= 0.6 is 0 Å². The number of ether oxygens (including phenoxy) is 1. The number of aryl methyl sites for hydroxylation is 1. The van der Waals surface area contributed by atoms with E-state index >= 15 is 0 Å². The number of nitrogens with zero attached hydrogens (tertiary/aromatic N) is 2. The third-order valence-corrected chi connectivity index (χ3v) is 4.17. The van der Waals surface area contributed by atoms with Gasteiger partial charge < -0.3 is 19.3 Å². The van der Waals surface area contributed by atoms with Crippen LogP contribution in [0.5, 0.6) is 0 Å². The van der Waals surface area contributed by atoms with Gasteiger partial charge in [0.2, 0.25) is 0 Å². The third kappa shape index (κ3) is 4.70. The Labute approximate surface area is 147 Å². The molecular weight excluding hydrogens is 320 g/mol. The summed E-state index contributed by atoms with van der Waals surface area (Å²) in [5, 5.41) is 9.06. The second kappa shape index (κ2) is 8.48. The molecule has 1 N–H and O–H groups in total. The zero-order chi connectivity index (χ0) is 18.4. The highest BCUT2D eigenvalue weighted by atomic mass is 16.5. The molecule has 0 unspecified atom stereocenters. The monoisotopic (exact) mass is 344 g/mol. The molecule has 0 radical (unpaired) electrons. The summed E-state index contributed by atoms with van der Waals surface area (Å²) in [7, 11) is 1.52. The number of aliphatic carboxylic acids is 1. The molecule has 0 fully saturated rings. The third-order valence-electron chi connectivity index (χ3n) is 4.17. The molecule has 2 aromatic rings. The minimum Gasteiger partial charge on any atom is -0.480 e. The first-order valence-electron chi connectivity index (χ1n) is 8.14. The summed E-state index contributed by atoms with van der Waals surface area (Å²) < 4.78 is 7.05. The van der Waals surface area contributed by atoms with E-state index in [9.17, 15) is 9.59 Å². The molecule has 25 heavy (non-hydrogen) atoms. The van der Waals surface area contributed by atoms with Crippen molar-refractivity contribution in [3.05, 3.63) is 58.9 Å². The molecule has 0 saturated heterocycles. The Morgan fingerprint density at radius 1 is 1.20 bits per heavy atom. The Morgan fingerprint density at radius 3 is 2.48 bits per heavy atom. The Hall–Kier alpha value is -2.60. The van der Waals surface area contributed by atoms with Crippen LogP contribution < -0.4 is 0 Å². The van der Waals surface area contributed by atoms with Gasteiger partial charge in [0.05, 0.1) is 12.2 Å². The predicted molar refractivity (Wildman–Crippen MR) is 94.9 cm³/mol. The maximum atomic E-state index is 12.8. The van der Waals surface area contributed by atoms with Crippen molar-refractivity contribution in [3.63, 3.8) is 0 Å². The van der Waals surface area contributed by atoms with Crippen LogP contribution in [0, 0.1) is 13.8 Å². The molecule has 1 aromatic carbocycles. The van der Waals surface area contributed by atoms with Gasteiger partial charge in [0.25, 0.3) is 5.91 Å². The topological polar surface area (TPSA) is 71.8 Å². The molecule has 6 heteroatoms. The Bertz CT molecular complexity index is 737. The minimum atomic E-state index is -1.04. The fraction of sp³-hybridized carbons (Fsp3) is 0.368. The molecule has 1 heterocycles. The Morgan fingerprint density at radius 2 is 1.88 bits per heavy atom. The molecular formula is C19H24N2O4. The van der Waals surface area contributed by atoms with Gasteiger partial charge in [-0.25, -0.2) is 0 Å². The first-order valence-corrected chi connectivity index (χ1v) is 8.14. The smallest absolute Gasteiger partial charge is 0.323 e. The van der Waals surface area contributed by atoms with E-state index in [-0.39, 0.29) is 19.0 Å². The molecule has 1 aromatic heterocycles. The number of aromatic nitrogens is 1. The fourth-order valence-corrected chi connectivity index (χ4v) is 2.81. The van der Waals surface area contributed by atoms with Crippen LogP contribution in [0.15, 0.2) is 36.4 Å². The van der Waals surface area contributed by atoms with Gasteiger partial charge in [-0.3, -0.25) is 9.59 Å². The minimum absolute atomic E-state index is 0.240. The maximum absolute atomic E-state index is 12.8. The average Bonchev–Trinajstić information content (AvgIpc) is 2.87. The molecule has 0 spiro atoms. The molecule has 1 amide bonds. The highest BCUT2D eigenvalue weighted by Crippen LogP contribution is 2.19. The number of carboxylic acids is 1. The van der Waals surface area contributed by atoms with Crippen LogP contribution in [-0.4, -0.2) is 53.3 Å². The van der Waals surface area contributed by atoms with Gasteiger partial charge in [0, 0.05) is 31.6 Å². The Kier molecular flexibility index (Phi) is 6.36. The zero-order valence-corrected chi connectivity index (χ0v) is 14.9. The van der Waals surface area contributed by atoms with Crippen molar-refractivity contribution in [2.24, 2.45) is 0 Å². The molecule has 2 rings (SSSR count). The van der Waals surface area contributed by atoms with Gasteiger partial charge in [-0.15, -0.1) is 0 Å². The van der Waals surface area contributed by atoms with Crippen molar-refractivity contribution >= 4 is 11.9 Å². The van der Waals surface area contributed by atoms with Crippen LogP contribution in [-0.2, 0) is 16.1 Å².